The molecule has 216 valence electrons. The summed E-state index contributed by atoms with van der Waals surface area (Å²) in [6, 6.07) is 16.0. The topological polar surface area (TPSA) is 67.8 Å². The number of fused-ring (bicyclic) bond motifs is 1. The Kier molecular flexibility index (Phi) is 7.65. The van der Waals surface area contributed by atoms with Gasteiger partial charge in [-0.25, -0.2) is 0 Å². The molecule has 3 aliphatic rings. The molecule has 2 N–H and O–H groups in total. The first-order valence-corrected chi connectivity index (χ1v) is 14.0. The van der Waals surface area contributed by atoms with Gasteiger partial charge >= 0.3 is 6.36 Å². The molecule has 3 fully saturated rings. The van der Waals surface area contributed by atoms with Crippen LogP contribution in [0.15, 0.2) is 60.4 Å². The number of methoxy groups -OCH3 is 1. The van der Waals surface area contributed by atoms with Crippen LogP contribution in [-0.2, 0) is 14.9 Å². The number of nitrogens with one attached hydrogen (secondary N) is 1. The number of nitrogens with zero attached hydrogens (tertiary/aromatic N) is 1. The summed E-state index contributed by atoms with van der Waals surface area (Å²) >= 11 is 0. The largest absolute Gasteiger partial charge is 0.573 e. The van der Waals surface area contributed by atoms with E-state index in [4.69, 9.17) is 4.74 Å². The summed E-state index contributed by atoms with van der Waals surface area (Å²) in [5, 5.41) is 15.3. The van der Waals surface area contributed by atoms with Crippen LogP contribution < -0.4 is 10.1 Å². The number of ether oxygens (including phenoxy) is 2. The average molecular weight is 560 g/mol. The van der Waals surface area contributed by atoms with Crippen molar-refractivity contribution in [3.05, 3.63) is 71.5 Å². The quantitative estimate of drug-likeness (QED) is 0.254. The standard InChI is InChI=1S/C31H37F3N2O4/c1-36(20-23-13-14-23)21-30(38)16-7-6-15-29(30,24-11-8-12-25(18-24)39-2)19-27(36)35-28(37)26(40-31(32,33)34)17-22-9-4-3-5-10-22/h3-5,8-12,17-18,23,27,38H,6-7,13-16,19-21H2,1-2H3/p+1/t27-,29?,30?,36+/m0/s1. The van der Waals surface area contributed by atoms with Crippen molar-refractivity contribution in [2.45, 2.75) is 68.5 Å². The Balaban J connectivity index is 1.53. The first-order valence-electron chi connectivity index (χ1n) is 14.0. The van der Waals surface area contributed by atoms with Gasteiger partial charge in [0.2, 0.25) is 0 Å². The van der Waals surface area contributed by atoms with Crippen molar-refractivity contribution in [3.63, 3.8) is 0 Å². The Morgan fingerprint density at radius 2 is 1.85 bits per heavy atom. The molecule has 5 rings (SSSR count). The number of hydrogen-bond acceptors (Lipinski definition) is 4. The number of rotatable bonds is 8. The van der Waals surface area contributed by atoms with Crippen LogP contribution in [0.4, 0.5) is 13.2 Å². The number of aliphatic hydroxyl groups is 1. The van der Waals surface area contributed by atoms with E-state index in [0.29, 0.717) is 47.5 Å². The number of quaternary nitrogens is 1. The van der Waals surface area contributed by atoms with Gasteiger partial charge in [0.15, 0.2) is 11.9 Å². The molecule has 2 aromatic carbocycles. The average Bonchev–Trinajstić information content (AvgIpc) is 3.72. The van der Waals surface area contributed by atoms with Crippen molar-refractivity contribution in [1.29, 1.82) is 0 Å². The van der Waals surface area contributed by atoms with E-state index in [0.717, 1.165) is 43.9 Å². The van der Waals surface area contributed by atoms with Gasteiger partial charge in [-0.05, 0) is 55.0 Å². The van der Waals surface area contributed by atoms with E-state index in [2.05, 4.69) is 10.1 Å². The second-order valence-electron chi connectivity index (χ2n) is 12.0. The summed E-state index contributed by atoms with van der Waals surface area (Å²) < 4.78 is 50.3. The van der Waals surface area contributed by atoms with E-state index in [1.54, 1.807) is 37.4 Å². The predicted octanol–water partition coefficient (Wildman–Crippen LogP) is 5.52. The predicted molar refractivity (Wildman–Crippen MR) is 145 cm³/mol. The molecule has 0 aromatic heterocycles. The number of likely N-dealkylation sites (tertiary alicyclic amines) is 1. The number of hydrogen-bond donors (Lipinski definition) is 2. The molecule has 0 bridgehead atoms. The van der Waals surface area contributed by atoms with Crippen LogP contribution in [0, 0.1) is 5.92 Å². The van der Waals surface area contributed by atoms with Crippen molar-refractivity contribution < 1.29 is 37.0 Å². The molecular weight excluding hydrogens is 521 g/mol. The molecular formula is C31H38F3N2O4+. The Morgan fingerprint density at radius 3 is 2.52 bits per heavy atom. The summed E-state index contributed by atoms with van der Waals surface area (Å²) in [5.41, 5.74) is -0.371. The zero-order valence-corrected chi connectivity index (χ0v) is 23.0. The van der Waals surface area contributed by atoms with E-state index in [9.17, 15) is 23.1 Å². The molecule has 6 nitrogen and oxygen atoms in total. The second-order valence-corrected chi connectivity index (χ2v) is 12.0. The molecule has 0 spiro atoms. The van der Waals surface area contributed by atoms with Crippen LogP contribution in [-0.4, -0.2) is 60.9 Å². The molecule has 4 atom stereocenters. The first kappa shape index (κ1) is 28.5. The lowest BCUT2D eigenvalue weighted by molar-refractivity contribution is -0.951. The smallest absolute Gasteiger partial charge is 0.497 e. The summed E-state index contributed by atoms with van der Waals surface area (Å²) in [6.45, 7) is 1.13. The molecule has 2 unspecified atom stereocenters. The van der Waals surface area contributed by atoms with Gasteiger partial charge in [-0.15, -0.1) is 13.2 Å². The minimum Gasteiger partial charge on any atom is -0.497 e. The Morgan fingerprint density at radius 1 is 1.12 bits per heavy atom. The van der Waals surface area contributed by atoms with Crippen LogP contribution in [0.25, 0.3) is 6.08 Å². The van der Waals surface area contributed by atoms with Crippen molar-refractivity contribution in [1.82, 2.24) is 5.32 Å². The SMILES string of the molecule is COc1cccc(C23CCCCC2(O)C[N@@+](C)(CC2CC2)[C@H](NC(=O)C(=Cc2ccccc2)OC(F)(F)F)C3)c1. The van der Waals surface area contributed by atoms with Gasteiger partial charge in [0.25, 0.3) is 5.91 Å². The molecule has 1 saturated heterocycles. The van der Waals surface area contributed by atoms with Crippen LogP contribution in [0.3, 0.4) is 0 Å². The lowest BCUT2D eigenvalue weighted by atomic mass is 9.55. The van der Waals surface area contributed by atoms with E-state index in [1.165, 1.54) is 0 Å². The highest BCUT2D eigenvalue weighted by Gasteiger charge is 2.64. The monoisotopic (exact) mass is 559 g/mol. The summed E-state index contributed by atoms with van der Waals surface area (Å²) in [6.07, 6.45) is 1.22. The Bertz CT molecular complexity index is 1250. The fourth-order valence-electron chi connectivity index (χ4n) is 7.03. The van der Waals surface area contributed by atoms with Crippen molar-refractivity contribution in [3.8, 4) is 5.75 Å². The summed E-state index contributed by atoms with van der Waals surface area (Å²) in [4.78, 5) is 13.6. The maximum Gasteiger partial charge on any atom is 0.573 e. The number of benzene rings is 2. The van der Waals surface area contributed by atoms with E-state index in [-0.39, 0.29) is 0 Å². The van der Waals surface area contributed by atoms with Crippen LogP contribution in [0.1, 0.15) is 56.1 Å². The Labute approximate surface area is 233 Å². The molecule has 2 aromatic rings. The highest BCUT2D eigenvalue weighted by Crippen LogP contribution is 2.55. The van der Waals surface area contributed by atoms with Gasteiger partial charge < -0.3 is 19.1 Å². The first-order chi connectivity index (χ1) is 19.0. The summed E-state index contributed by atoms with van der Waals surface area (Å²) in [5.74, 6) is -0.593. The van der Waals surface area contributed by atoms with Crippen LogP contribution >= 0.6 is 0 Å². The minimum absolute atomic E-state index is 0.350. The molecule has 1 amide bonds. The van der Waals surface area contributed by atoms with Gasteiger partial charge in [0.05, 0.1) is 20.7 Å². The number of carbonyl (C=O) groups is 1. The number of piperidine rings is 1. The van der Waals surface area contributed by atoms with Gasteiger partial charge in [0.1, 0.15) is 17.9 Å². The van der Waals surface area contributed by atoms with Crippen molar-refractivity contribution in [2.24, 2.45) is 5.92 Å². The molecule has 40 heavy (non-hydrogen) atoms. The normalized spacial score (nSPS) is 30.8. The van der Waals surface area contributed by atoms with E-state index in [1.807, 2.05) is 31.3 Å². The van der Waals surface area contributed by atoms with Gasteiger partial charge in [-0.2, -0.15) is 0 Å². The second kappa shape index (κ2) is 10.7. The minimum atomic E-state index is -5.03. The van der Waals surface area contributed by atoms with Gasteiger partial charge in [0, 0.05) is 17.8 Å². The molecule has 1 aliphatic heterocycles. The van der Waals surface area contributed by atoms with Crippen LogP contribution in [0.5, 0.6) is 5.75 Å². The maximum absolute atomic E-state index is 13.6. The zero-order chi connectivity index (χ0) is 28.6. The van der Waals surface area contributed by atoms with Gasteiger partial charge in [-0.1, -0.05) is 55.3 Å². The molecule has 9 heteroatoms. The molecule has 0 radical (unpaired) electrons. The summed E-state index contributed by atoms with van der Waals surface area (Å²) in [7, 11) is 3.61. The Hall–Kier alpha value is -3.04. The van der Waals surface area contributed by atoms with Gasteiger partial charge in [-0.3, -0.25) is 10.1 Å². The zero-order valence-electron chi connectivity index (χ0n) is 23.0. The molecule has 1 heterocycles. The lowest BCUT2D eigenvalue weighted by Gasteiger charge is -2.61. The number of halogens is 3. The molecule has 2 aliphatic carbocycles. The van der Waals surface area contributed by atoms with Crippen LogP contribution in [0.2, 0.25) is 0 Å². The number of likely N-dealkylation sites (N-methyl/N-ethyl adjacent to an activating group) is 1. The van der Waals surface area contributed by atoms with E-state index >= 15 is 0 Å². The number of carbonyl (C=O) groups excluding carboxylic acids is 1. The fraction of sp³-hybridized carbons (Fsp3) is 0.516. The third-order valence-corrected chi connectivity index (χ3v) is 9.09. The van der Waals surface area contributed by atoms with Crippen molar-refractivity contribution in [2.75, 3.05) is 27.2 Å². The highest BCUT2D eigenvalue weighted by molar-refractivity contribution is 5.96. The molecule has 2 saturated carbocycles. The lowest BCUT2D eigenvalue weighted by Crippen LogP contribution is -2.76. The maximum atomic E-state index is 13.6. The fourth-order valence-corrected chi connectivity index (χ4v) is 7.03. The third kappa shape index (κ3) is 5.86. The van der Waals surface area contributed by atoms with Crippen molar-refractivity contribution >= 4 is 12.0 Å². The van der Waals surface area contributed by atoms with E-state index < -0.39 is 35.2 Å². The third-order valence-electron chi connectivity index (χ3n) is 9.09. The number of alkyl halides is 3. The number of amides is 1. The highest BCUT2D eigenvalue weighted by atomic mass is 19.4.